The van der Waals surface area contributed by atoms with Crippen molar-refractivity contribution in [3.63, 3.8) is 0 Å². The van der Waals surface area contributed by atoms with Crippen molar-refractivity contribution < 1.29 is 33.3 Å². The van der Waals surface area contributed by atoms with Crippen molar-refractivity contribution in [1.82, 2.24) is 4.90 Å². The molecular formula is C23H27FN2O6. The van der Waals surface area contributed by atoms with Crippen LogP contribution in [0.15, 0.2) is 42.5 Å². The number of benzene rings is 2. The topological polar surface area (TPSA) is 88.5 Å². The van der Waals surface area contributed by atoms with Crippen LogP contribution in [0.3, 0.4) is 0 Å². The van der Waals surface area contributed by atoms with Gasteiger partial charge in [-0.25, -0.2) is 4.39 Å². The second-order valence-electron chi connectivity index (χ2n) is 7.44. The first kappa shape index (κ1) is 23.3. The summed E-state index contributed by atoms with van der Waals surface area (Å²) in [6.07, 6.45) is -0.712. The first-order chi connectivity index (χ1) is 15.4. The lowest BCUT2D eigenvalue weighted by Gasteiger charge is -2.34. The van der Waals surface area contributed by atoms with Gasteiger partial charge in [-0.05, 0) is 48.0 Å². The van der Waals surface area contributed by atoms with Crippen LogP contribution in [0.1, 0.15) is 12.0 Å². The zero-order chi connectivity index (χ0) is 23.1. The van der Waals surface area contributed by atoms with Gasteiger partial charge < -0.3 is 29.1 Å². The number of carbonyl (C=O) groups excluding carboxylic acids is 2. The minimum Gasteiger partial charge on any atom is -0.497 e. The van der Waals surface area contributed by atoms with Crippen molar-refractivity contribution in [2.75, 3.05) is 45.4 Å². The normalized spacial score (nSPS) is 14.8. The molecule has 0 saturated carbocycles. The third-order valence-electron chi connectivity index (χ3n) is 5.17. The maximum absolute atomic E-state index is 13.9. The van der Waals surface area contributed by atoms with Crippen LogP contribution in [-0.2, 0) is 20.9 Å². The summed E-state index contributed by atoms with van der Waals surface area (Å²) in [5.74, 6) is 0.0548. The molecule has 1 N–H and O–H groups in total. The van der Waals surface area contributed by atoms with Crippen molar-refractivity contribution in [1.29, 1.82) is 0 Å². The van der Waals surface area contributed by atoms with Gasteiger partial charge in [0.25, 0.3) is 0 Å². The number of halogens is 1. The quantitative estimate of drug-likeness (QED) is 0.621. The van der Waals surface area contributed by atoms with E-state index in [1.165, 1.54) is 24.1 Å². The van der Waals surface area contributed by atoms with Crippen LogP contribution < -0.4 is 14.4 Å². The number of aliphatic hydroxyl groups is 1. The molecule has 1 aliphatic heterocycles. The molecular weight excluding hydrogens is 419 g/mol. The maximum atomic E-state index is 13.9. The smallest absolute Gasteiger partial charge is 0.325 e. The SMILES string of the molecule is COC(=O)CN1Cc2cc(F)ccc2N(CC(O)COc2ccc(OC)cc2)CCC1=O. The zero-order valence-corrected chi connectivity index (χ0v) is 18.1. The molecule has 1 heterocycles. The number of esters is 1. The number of β-amino-alcohol motifs (C(OH)–C–C–N with tert-alkyl or cyclic N) is 1. The molecule has 0 aliphatic carbocycles. The van der Waals surface area contributed by atoms with E-state index >= 15 is 0 Å². The molecule has 1 unspecified atom stereocenters. The van der Waals surface area contributed by atoms with Gasteiger partial charge in [0.2, 0.25) is 5.91 Å². The monoisotopic (exact) mass is 446 g/mol. The molecule has 9 heteroatoms. The molecule has 0 radical (unpaired) electrons. The Morgan fingerprint density at radius 2 is 1.84 bits per heavy atom. The van der Waals surface area contributed by atoms with E-state index in [1.807, 2.05) is 4.90 Å². The first-order valence-electron chi connectivity index (χ1n) is 10.2. The van der Waals surface area contributed by atoms with Crippen molar-refractivity contribution in [3.8, 4) is 11.5 Å². The summed E-state index contributed by atoms with van der Waals surface area (Å²) < 4.78 is 29.4. The first-order valence-corrected chi connectivity index (χ1v) is 10.2. The Labute approximate surface area is 186 Å². The van der Waals surface area contributed by atoms with Crippen LogP contribution in [0.2, 0.25) is 0 Å². The minimum absolute atomic E-state index is 0.0434. The van der Waals surface area contributed by atoms with Gasteiger partial charge >= 0.3 is 5.97 Å². The van der Waals surface area contributed by atoms with Gasteiger partial charge in [-0.1, -0.05) is 0 Å². The van der Waals surface area contributed by atoms with Crippen LogP contribution in [0.25, 0.3) is 0 Å². The largest absolute Gasteiger partial charge is 0.497 e. The van der Waals surface area contributed by atoms with Gasteiger partial charge in [-0.2, -0.15) is 0 Å². The Morgan fingerprint density at radius 3 is 2.53 bits per heavy atom. The van der Waals surface area contributed by atoms with Gasteiger partial charge in [0.1, 0.15) is 36.6 Å². The number of anilines is 1. The highest BCUT2D eigenvalue weighted by Crippen LogP contribution is 2.26. The second-order valence-corrected chi connectivity index (χ2v) is 7.44. The predicted molar refractivity (Wildman–Crippen MR) is 115 cm³/mol. The molecule has 32 heavy (non-hydrogen) atoms. The predicted octanol–water partition coefficient (Wildman–Crippen LogP) is 1.99. The molecule has 0 spiro atoms. The Balaban J connectivity index is 1.70. The summed E-state index contributed by atoms with van der Waals surface area (Å²) in [6, 6.07) is 11.3. The van der Waals surface area contributed by atoms with Crippen LogP contribution in [0.4, 0.5) is 10.1 Å². The van der Waals surface area contributed by atoms with Crippen molar-refractivity contribution in [3.05, 3.63) is 53.8 Å². The van der Waals surface area contributed by atoms with Crippen LogP contribution in [-0.4, -0.2) is 68.4 Å². The Morgan fingerprint density at radius 1 is 1.12 bits per heavy atom. The van der Waals surface area contributed by atoms with Crippen LogP contribution in [0.5, 0.6) is 11.5 Å². The molecule has 1 atom stereocenters. The lowest BCUT2D eigenvalue weighted by Crippen LogP contribution is -2.43. The van der Waals surface area contributed by atoms with E-state index < -0.39 is 17.9 Å². The number of aliphatic hydroxyl groups excluding tert-OH is 1. The molecule has 0 aromatic heterocycles. The standard InChI is InChI=1S/C23H27FN2O6/c1-30-19-4-6-20(7-5-19)32-15-18(27)13-25-10-9-22(28)26(14-23(29)31-2)12-16-11-17(24)3-8-21(16)25/h3-8,11,18,27H,9-10,12-15H2,1-2H3. The van der Waals surface area contributed by atoms with Crippen LogP contribution in [0, 0.1) is 5.82 Å². The average Bonchev–Trinajstić information content (AvgIpc) is 2.79. The minimum atomic E-state index is -0.851. The fourth-order valence-electron chi connectivity index (χ4n) is 3.52. The molecule has 0 bridgehead atoms. The third kappa shape index (κ3) is 6.10. The molecule has 1 aliphatic rings. The maximum Gasteiger partial charge on any atom is 0.325 e. The lowest BCUT2D eigenvalue weighted by atomic mass is 10.1. The van der Waals surface area contributed by atoms with E-state index in [1.54, 1.807) is 37.4 Å². The van der Waals surface area contributed by atoms with Gasteiger partial charge in [0.05, 0.1) is 14.2 Å². The molecule has 2 aromatic carbocycles. The summed E-state index contributed by atoms with van der Waals surface area (Å²) in [5.41, 5.74) is 1.24. The molecule has 0 saturated heterocycles. The summed E-state index contributed by atoms with van der Waals surface area (Å²) >= 11 is 0. The Bertz CT molecular complexity index is 937. The number of fused-ring (bicyclic) bond motifs is 1. The molecule has 3 rings (SSSR count). The van der Waals surface area contributed by atoms with Gasteiger partial charge in [0, 0.05) is 31.7 Å². The van der Waals surface area contributed by atoms with E-state index in [-0.39, 0.29) is 38.6 Å². The molecule has 1 amide bonds. The van der Waals surface area contributed by atoms with Gasteiger partial charge in [0.15, 0.2) is 0 Å². The number of ether oxygens (including phenoxy) is 3. The van der Waals surface area contributed by atoms with Crippen LogP contribution >= 0.6 is 0 Å². The number of hydrogen-bond acceptors (Lipinski definition) is 7. The van der Waals surface area contributed by atoms with E-state index in [2.05, 4.69) is 4.74 Å². The number of nitrogens with zero attached hydrogens (tertiary/aromatic N) is 2. The number of rotatable bonds is 8. The van der Waals surface area contributed by atoms with Crippen molar-refractivity contribution >= 4 is 17.6 Å². The molecule has 8 nitrogen and oxygen atoms in total. The summed E-state index contributed by atoms with van der Waals surface area (Å²) in [7, 11) is 2.83. The van der Waals surface area contributed by atoms with Gasteiger partial charge in [-0.15, -0.1) is 0 Å². The third-order valence-corrected chi connectivity index (χ3v) is 5.17. The van der Waals surface area contributed by atoms with Gasteiger partial charge in [-0.3, -0.25) is 9.59 Å². The second kappa shape index (κ2) is 10.8. The number of hydrogen-bond donors (Lipinski definition) is 1. The molecule has 172 valence electrons. The Kier molecular flexibility index (Phi) is 7.88. The lowest BCUT2D eigenvalue weighted by molar-refractivity contribution is -0.147. The Hall–Kier alpha value is -3.33. The molecule has 2 aromatic rings. The van der Waals surface area contributed by atoms with E-state index in [0.717, 1.165) is 0 Å². The molecule has 0 fully saturated rings. The number of amides is 1. The van der Waals surface area contributed by atoms with Crippen molar-refractivity contribution in [2.24, 2.45) is 0 Å². The summed E-state index contributed by atoms with van der Waals surface area (Å²) in [6.45, 7) is 0.398. The van der Waals surface area contributed by atoms with E-state index in [0.29, 0.717) is 29.3 Å². The highest BCUT2D eigenvalue weighted by atomic mass is 19.1. The number of carbonyl (C=O) groups is 2. The summed E-state index contributed by atoms with van der Waals surface area (Å²) in [4.78, 5) is 27.5. The fourth-order valence-corrected chi connectivity index (χ4v) is 3.52. The number of methoxy groups -OCH3 is 2. The highest BCUT2D eigenvalue weighted by molar-refractivity contribution is 5.83. The van der Waals surface area contributed by atoms with E-state index in [9.17, 15) is 19.1 Å². The van der Waals surface area contributed by atoms with E-state index in [4.69, 9.17) is 9.47 Å². The van der Waals surface area contributed by atoms with Crippen molar-refractivity contribution in [2.45, 2.75) is 19.1 Å². The fraction of sp³-hybridized carbons (Fsp3) is 0.391. The zero-order valence-electron chi connectivity index (χ0n) is 18.1. The average molecular weight is 446 g/mol. The summed E-state index contributed by atoms with van der Waals surface area (Å²) in [5, 5.41) is 10.6. The highest BCUT2D eigenvalue weighted by Gasteiger charge is 2.26.